The molecule has 8 heteroatoms. The number of amides is 1. The fraction of sp³-hybridized carbons (Fsp3) is 0.227. The summed E-state index contributed by atoms with van der Waals surface area (Å²) in [4.78, 5) is 12.3. The number of anilines is 1. The molecule has 0 bridgehead atoms. The Morgan fingerprint density at radius 3 is 2.73 bits per heavy atom. The zero-order valence-corrected chi connectivity index (χ0v) is 17.7. The van der Waals surface area contributed by atoms with E-state index in [1.54, 1.807) is 12.1 Å². The van der Waals surface area contributed by atoms with E-state index in [0.29, 0.717) is 23.2 Å². The maximum Gasteiger partial charge on any atom is 0.234 e. The summed E-state index contributed by atoms with van der Waals surface area (Å²) in [6.07, 6.45) is 1.74. The van der Waals surface area contributed by atoms with Gasteiger partial charge in [0.1, 0.15) is 18.2 Å². The van der Waals surface area contributed by atoms with Crippen molar-refractivity contribution in [2.75, 3.05) is 11.1 Å². The van der Waals surface area contributed by atoms with Gasteiger partial charge in [0.15, 0.2) is 11.0 Å². The van der Waals surface area contributed by atoms with Gasteiger partial charge in [0, 0.05) is 12.2 Å². The van der Waals surface area contributed by atoms with Gasteiger partial charge in [-0.2, -0.15) is 0 Å². The minimum Gasteiger partial charge on any atom is -0.486 e. The van der Waals surface area contributed by atoms with E-state index < -0.39 is 5.82 Å². The van der Waals surface area contributed by atoms with Crippen molar-refractivity contribution in [2.24, 2.45) is 0 Å². The molecular weight excluding hydrogens is 403 g/mol. The second-order valence-electron chi connectivity index (χ2n) is 6.70. The van der Waals surface area contributed by atoms with Crippen LogP contribution in [0, 0.1) is 19.7 Å². The van der Waals surface area contributed by atoms with Crippen LogP contribution in [0.1, 0.15) is 17.0 Å². The van der Waals surface area contributed by atoms with Gasteiger partial charge in [0.2, 0.25) is 5.91 Å². The van der Waals surface area contributed by atoms with E-state index in [1.165, 1.54) is 23.9 Å². The number of aryl methyl sites for hydroxylation is 2. The summed E-state index contributed by atoms with van der Waals surface area (Å²) in [5, 5.41) is 11.7. The SMILES string of the molecule is C=CCn1c(COc2ccc(C)cc2)nnc1SCC(=O)Nc1cc(F)ccc1C. The molecule has 2 aromatic carbocycles. The van der Waals surface area contributed by atoms with E-state index in [0.717, 1.165) is 16.9 Å². The Labute approximate surface area is 179 Å². The third-order valence-electron chi connectivity index (χ3n) is 4.30. The summed E-state index contributed by atoms with van der Waals surface area (Å²) in [5.74, 6) is 0.850. The third-order valence-corrected chi connectivity index (χ3v) is 5.27. The summed E-state index contributed by atoms with van der Waals surface area (Å²) in [7, 11) is 0. The topological polar surface area (TPSA) is 69.0 Å². The smallest absolute Gasteiger partial charge is 0.234 e. The number of ether oxygens (including phenoxy) is 1. The van der Waals surface area contributed by atoms with Crippen molar-refractivity contribution >= 4 is 23.4 Å². The van der Waals surface area contributed by atoms with Crippen LogP contribution in [0.3, 0.4) is 0 Å². The van der Waals surface area contributed by atoms with Crippen molar-refractivity contribution in [3.8, 4) is 5.75 Å². The number of hydrogen-bond acceptors (Lipinski definition) is 5. The first-order valence-electron chi connectivity index (χ1n) is 9.37. The Balaban J connectivity index is 1.62. The van der Waals surface area contributed by atoms with Crippen LogP contribution in [0.4, 0.5) is 10.1 Å². The highest BCUT2D eigenvalue weighted by molar-refractivity contribution is 7.99. The Bertz CT molecular complexity index is 1030. The fourth-order valence-corrected chi connectivity index (χ4v) is 3.44. The van der Waals surface area contributed by atoms with Crippen molar-refractivity contribution in [1.82, 2.24) is 14.8 Å². The van der Waals surface area contributed by atoms with Crippen LogP contribution in [0.5, 0.6) is 5.75 Å². The van der Waals surface area contributed by atoms with Gasteiger partial charge in [-0.15, -0.1) is 16.8 Å². The van der Waals surface area contributed by atoms with Crippen molar-refractivity contribution in [3.05, 3.63) is 77.9 Å². The molecule has 0 saturated heterocycles. The molecule has 3 aromatic rings. The van der Waals surface area contributed by atoms with Gasteiger partial charge in [0.05, 0.1) is 5.75 Å². The molecule has 0 aliphatic rings. The van der Waals surface area contributed by atoms with Crippen molar-refractivity contribution in [3.63, 3.8) is 0 Å². The van der Waals surface area contributed by atoms with E-state index in [9.17, 15) is 9.18 Å². The number of halogens is 1. The molecule has 0 aliphatic carbocycles. The van der Waals surface area contributed by atoms with Crippen LogP contribution in [0.25, 0.3) is 0 Å². The van der Waals surface area contributed by atoms with E-state index in [1.807, 2.05) is 42.7 Å². The maximum atomic E-state index is 13.4. The van der Waals surface area contributed by atoms with Crippen LogP contribution < -0.4 is 10.1 Å². The van der Waals surface area contributed by atoms with Crippen molar-refractivity contribution in [1.29, 1.82) is 0 Å². The van der Waals surface area contributed by atoms with Gasteiger partial charge >= 0.3 is 0 Å². The molecular formula is C22H23FN4O2S. The molecule has 0 radical (unpaired) electrons. The van der Waals surface area contributed by atoms with Gasteiger partial charge < -0.3 is 10.1 Å². The average molecular weight is 427 g/mol. The molecule has 0 unspecified atom stereocenters. The summed E-state index contributed by atoms with van der Waals surface area (Å²) in [5.41, 5.74) is 2.41. The summed E-state index contributed by atoms with van der Waals surface area (Å²) >= 11 is 1.25. The molecule has 1 N–H and O–H groups in total. The number of carbonyl (C=O) groups excluding carboxylic acids is 1. The fourth-order valence-electron chi connectivity index (χ4n) is 2.67. The average Bonchev–Trinajstić information content (AvgIpc) is 3.11. The molecule has 1 aromatic heterocycles. The highest BCUT2D eigenvalue weighted by Crippen LogP contribution is 2.21. The number of nitrogens with one attached hydrogen (secondary N) is 1. The first-order valence-corrected chi connectivity index (χ1v) is 10.4. The number of hydrogen-bond donors (Lipinski definition) is 1. The maximum absolute atomic E-state index is 13.4. The number of thioether (sulfide) groups is 1. The minimum atomic E-state index is -0.396. The molecule has 156 valence electrons. The highest BCUT2D eigenvalue weighted by Gasteiger charge is 2.15. The molecule has 6 nitrogen and oxygen atoms in total. The molecule has 0 saturated carbocycles. The second kappa shape index (κ2) is 10.1. The first kappa shape index (κ1) is 21.6. The highest BCUT2D eigenvalue weighted by atomic mass is 32.2. The molecule has 3 rings (SSSR count). The third kappa shape index (κ3) is 5.70. The monoisotopic (exact) mass is 426 g/mol. The van der Waals surface area contributed by atoms with Crippen LogP contribution in [-0.2, 0) is 17.9 Å². The van der Waals surface area contributed by atoms with E-state index in [4.69, 9.17) is 4.74 Å². The zero-order chi connectivity index (χ0) is 21.5. The molecule has 30 heavy (non-hydrogen) atoms. The number of carbonyl (C=O) groups is 1. The molecule has 1 heterocycles. The number of benzene rings is 2. The van der Waals surface area contributed by atoms with Gasteiger partial charge in [-0.25, -0.2) is 4.39 Å². The Morgan fingerprint density at radius 1 is 1.23 bits per heavy atom. The summed E-state index contributed by atoms with van der Waals surface area (Å²) < 4.78 is 21.1. The Kier molecular flexibility index (Phi) is 7.24. The predicted octanol–water partition coefficient (Wildman–Crippen LogP) is 4.53. The summed E-state index contributed by atoms with van der Waals surface area (Å²) in [6.45, 7) is 8.34. The second-order valence-corrected chi connectivity index (χ2v) is 7.64. The largest absolute Gasteiger partial charge is 0.486 e. The van der Waals surface area contributed by atoms with Crippen LogP contribution in [0.15, 0.2) is 60.3 Å². The molecule has 1 amide bonds. The van der Waals surface area contributed by atoms with E-state index in [2.05, 4.69) is 22.1 Å². The molecule has 0 aliphatic heterocycles. The lowest BCUT2D eigenvalue weighted by Gasteiger charge is -2.10. The van der Waals surface area contributed by atoms with E-state index >= 15 is 0 Å². The van der Waals surface area contributed by atoms with Gasteiger partial charge in [-0.3, -0.25) is 9.36 Å². The number of aromatic nitrogens is 3. The minimum absolute atomic E-state index is 0.115. The normalized spacial score (nSPS) is 10.6. The van der Waals surface area contributed by atoms with E-state index in [-0.39, 0.29) is 18.3 Å². The molecule has 0 atom stereocenters. The Morgan fingerprint density at radius 2 is 2.00 bits per heavy atom. The lowest BCUT2D eigenvalue weighted by atomic mass is 10.2. The predicted molar refractivity (Wildman–Crippen MR) is 116 cm³/mol. The van der Waals surface area contributed by atoms with Crippen LogP contribution in [-0.4, -0.2) is 26.4 Å². The first-order chi connectivity index (χ1) is 14.5. The van der Waals surface area contributed by atoms with Gasteiger partial charge in [0.25, 0.3) is 0 Å². The Hall–Kier alpha value is -3.13. The molecule has 0 fully saturated rings. The lowest BCUT2D eigenvalue weighted by Crippen LogP contribution is -2.16. The number of allylic oxidation sites excluding steroid dienone is 1. The van der Waals surface area contributed by atoms with Gasteiger partial charge in [-0.1, -0.05) is 41.6 Å². The quantitative estimate of drug-likeness (QED) is 0.402. The number of rotatable bonds is 9. The zero-order valence-electron chi connectivity index (χ0n) is 16.9. The van der Waals surface area contributed by atoms with Gasteiger partial charge in [-0.05, 0) is 43.7 Å². The van der Waals surface area contributed by atoms with Crippen LogP contribution >= 0.6 is 11.8 Å². The molecule has 0 spiro atoms. The lowest BCUT2D eigenvalue weighted by molar-refractivity contribution is -0.113. The number of nitrogens with zero attached hydrogens (tertiary/aromatic N) is 3. The van der Waals surface area contributed by atoms with Crippen molar-refractivity contribution < 1.29 is 13.9 Å². The van der Waals surface area contributed by atoms with Crippen LogP contribution in [0.2, 0.25) is 0 Å². The summed E-state index contributed by atoms with van der Waals surface area (Å²) in [6, 6.07) is 12.0. The standard InChI is InChI=1S/C22H23FN4O2S/c1-4-11-27-20(13-29-18-9-5-15(2)6-10-18)25-26-22(27)30-14-21(28)24-19-12-17(23)8-7-16(19)3/h4-10,12H,1,11,13-14H2,2-3H3,(H,24,28). The van der Waals surface area contributed by atoms with Crippen molar-refractivity contribution in [2.45, 2.75) is 32.2 Å².